The number of benzene rings is 2. The van der Waals surface area contributed by atoms with E-state index in [1.54, 1.807) is 0 Å². The minimum atomic E-state index is -0.115. The monoisotopic (exact) mass is 364 g/mol. The van der Waals surface area contributed by atoms with E-state index in [0.717, 1.165) is 48.3 Å². The van der Waals surface area contributed by atoms with E-state index in [9.17, 15) is 4.79 Å². The predicted molar refractivity (Wildman–Crippen MR) is 111 cm³/mol. The van der Waals surface area contributed by atoms with Crippen molar-refractivity contribution >= 4 is 22.9 Å². The van der Waals surface area contributed by atoms with Gasteiger partial charge in [0.25, 0.3) is 5.91 Å². The molecule has 0 radical (unpaired) electrons. The maximum absolute atomic E-state index is 12.9. The lowest BCUT2D eigenvalue weighted by Gasteiger charge is -2.19. The summed E-state index contributed by atoms with van der Waals surface area (Å²) < 4.78 is 2.11. The van der Waals surface area contributed by atoms with Crippen LogP contribution in [-0.4, -0.2) is 40.0 Å². The number of hydrogen-bond acceptors (Lipinski definition) is 3. The number of hydrogen-bond donors (Lipinski definition) is 1. The molecule has 5 heteroatoms. The summed E-state index contributed by atoms with van der Waals surface area (Å²) in [6.07, 6.45) is 0. The smallest absolute Gasteiger partial charge is 0.258 e. The van der Waals surface area contributed by atoms with E-state index < -0.39 is 0 Å². The summed E-state index contributed by atoms with van der Waals surface area (Å²) in [4.78, 5) is 19.9. The molecule has 0 aliphatic carbocycles. The van der Waals surface area contributed by atoms with Gasteiger partial charge >= 0.3 is 0 Å². The van der Waals surface area contributed by atoms with Crippen molar-refractivity contribution in [1.82, 2.24) is 14.5 Å². The van der Waals surface area contributed by atoms with Crippen molar-refractivity contribution in [3.63, 3.8) is 0 Å². The number of nitrogens with zero attached hydrogens (tertiary/aromatic N) is 3. The van der Waals surface area contributed by atoms with Crippen LogP contribution in [-0.2, 0) is 6.54 Å². The van der Waals surface area contributed by atoms with Crippen molar-refractivity contribution in [2.24, 2.45) is 0 Å². The van der Waals surface area contributed by atoms with Gasteiger partial charge in [0.2, 0.25) is 5.95 Å². The molecule has 0 fully saturated rings. The van der Waals surface area contributed by atoms with Crippen LogP contribution in [0.5, 0.6) is 0 Å². The number of aryl methyl sites for hydroxylation is 1. The topological polar surface area (TPSA) is 50.2 Å². The summed E-state index contributed by atoms with van der Waals surface area (Å²) in [6, 6.07) is 13.8. The summed E-state index contributed by atoms with van der Waals surface area (Å²) in [6.45, 7) is 12.0. The number of imidazole rings is 1. The molecule has 142 valence electrons. The summed E-state index contributed by atoms with van der Waals surface area (Å²) in [5, 5.41) is 3.04. The van der Waals surface area contributed by atoms with Gasteiger partial charge in [0.1, 0.15) is 0 Å². The summed E-state index contributed by atoms with van der Waals surface area (Å²) in [5.41, 5.74) is 4.74. The number of carbonyl (C=O) groups excluding carboxylic acids is 1. The number of amides is 1. The summed E-state index contributed by atoms with van der Waals surface area (Å²) in [5.74, 6) is 0.491. The second kappa shape index (κ2) is 8.35. The van der Waals surface area contributed by atoms with Crippen molar-refractivity contribution in [3.05, 3.63) is 59.2 Å². The van der Waals surface area contributed by atoms with Gasteiger partial charge in [0, 0.05) is 18.7 Å². The third-order valence-electron chi connectivity index (χ3n) is 5.26. The van der Waals surface area contributed by atoms with Crippen LogP contribution in [0.4, 0.5) is 5.95 Å². The summed E-state index contributed by atoms with van der Waals surface area (Å²) >= 11 is 0. The van der Waals surface area contributed by atoms with Gasteiger partial charge in [-0.2, -0.15) is 0 Å². The van der Waals surface area contributed by atoms with Crippen LogP contribution in [0.15, 0.2) is 42.5 Å². The molecule has 1 heterocycles. The fraction of sp³-hybridized carbons (Fsp3) is 0.364. The number of aromatic nitrogens is 2. The molecule has 5 nitrogen and oxygen atoms in total. The van der Waals surface area contributed by atoms with Crippen molar-refractivity contribution in [2.45, 2.75) is 34.2 Å². The largest absolute Gasteiger partial charge is 0.309 e. The lowest BCUT2D eigenvalue weighted by atomic mass is 10.0. The first-order valence-corrected chi connectivity index (χ1v) is 9.60. The Morgan fingerprint density at radius 3 is 2.56 bits per heavy atom. The van der Waals surface area contributed by atoms with Gasteiger partial charge in [-0.3, -0.25) is 10.1 Å². The highest BCUT2D eigenvalue weighted by Crippen LogP contribution is 2.21. The number of carbonyl (C=O) groups is 1. The molecular weight excluding hydrogens is 336 g/mol. The van der Waals surface area contributed by atoms with Gasteiger partial charge in [0.15, 0.2) is 0 Å². The lowest BCUT2D eigenvalue weighted by Crippen LogP contribution is -2.27. The zero-order chi connectivity index (χ0) is 19.4. The second-order valence-corrected chi connectivity index (χ2v) is 6.80. The molecular formula is C22H28N4O. The molecule has 0 aliphatic rings. The van der Waals surface area contributed by atoms with Crippen LogP contribution in [0.2, 0.25) is 0 Å². The highest BCUT2D eigenvalue weighted by molar-refractivity contribution is 6.05. The zero-order valence-corrected chi connectivity index (χ0v) is 16.6. The number of rotatable bonds is 7. The molecule has 0 saturated heterocycles. The lowest BCUT2D eigenvalue weighted by molar-refractivity contribution is 0.102. The molecule has 2 aromatic carbocycles. The van der Waals surface area contributed by atoms with Crippen LogP contribution in [0.3, 0.4) is 0 Å². The molecule has 0 spiro atoms. The van der Waals surface area contributed by atoms with Crippen LogP contribution in [0.25, 0.3) is 11.0 Å². The van der Waals surface area contributed by atoms with E-state index in [4.69, 9.17) is 0 Å². The Labute approximate surface area is 161 Å². The second-order valence-electron chi connectivity index (χ2n) is 6.80. The van der Waals surface area contributed by atoms with Crippen LogP contribution < -0.4 is 5.32 Å². The molecule has 0 unspecified atom stereocenters. The molecule has 1 amide bonds. The van der Waals surface area contributed by atoms with Gasteiger partial charge in [0.05, 0.1) is 11.0 Å². The number of fused-ring (bicyclic) bond motifs is 1. The third-order valence-corrected chi connectivity index (χ3v) is 5.26. The predicted octanol–water partition coefficient (Wildman–Crippen LogP) is 4.25. The average molecular weight is 364 g/mol. The SMILES string of the molecule is CCN(CC)CCn1c(NC(=O)c2cccc(C)c2C)nc2ccccc21. The van der Waals surface area contributed by atoms with Gasteiger partial charge in [-0.1, -0.05) is 38.1 Å². The van der Waals surface area contributed by atoms with E-state index in [1.807, 2.05) is 50.2 Å². The molecule has 1 N–H and O–H groups in total. The highest BCUT2D eigenvalue weighted by atomic mass is 16.1. The number of anilines is 1. The highest BCUT2D eigenvalue weighted by Gasteiger charge is 2.16. The Balaban J connectivity index is 1.92. The van der Waals surface area contributed by atoms with Gasteiger partial charge in [-0.15, -0.1) is 0 Å². The Morgan fingerprint density at radius 1 is 1.07 bits per heavy atom. The molecule has 3 aromatic rings. The number of nitrogens with one attached hydrogen (secondary N) is 1. The number of likely N-dealkylation sites (N-methyl/N-ethyl adjacent to an activating group) is 1. The maximum atomic E-state index is 12.9. The standard InChI is InChI=1S/C22H28N4O/c1-5-25(6-2)14-15-26-20-13-8-7-12-19(20)23-22(26)24-21(27)18-11-9-10-16(3)17(18)4/h7-13H,5-6,14-15H2,1-4H3,(H,23,24,27). The quantitative estimate of drug-likeness (QED) is 0.682. The van der Waals surface area contributed by atoms with Crippen LogP contribution in [0, 0.1) is 13.8 Å². The Bertz CT molecular complexity index is 941. The summed E-state index contributed by atoms with van der Waals surface area (Å²) in [7, 11) is 0. The first-order valence-electron chi connectivity index (χ1n) is 9.60. The zero-order valence-electron chi connectivity index (χ0n) is 16.6. The van der Waals surface area contributed by atoms with Crippen LogP contribution >= 0.6 is 0 Å². The average Bonchev–Trinajstić information content (AvgIpc) is 3.02. The van der Waals surface area contributed by atoms with E-state index in [1.165, 1.54) is 0 Å². The van der Waals surface area contributed by atoms with E-state index in [-0.39, 0.29) is 5.91 Å². The van der Waals surface area contributed by atoms with E-state index >= 15 is 0 Å². The van der Waals surface area contributed by atoms with E-state index in [2.05, 4.69) is 39.7 Å². The van der Waals surface area contributed by atoms with Gasteiger partial charge in [-0.25, -0.2) is 4.98 Å². The molecule has 3 rings (SSSR count). The number of para-hydroxylation sites is 2. The first kappa shape index (κ1) is 19.1. The Morgan fingerprint density at radius 2 is 1.81 bits per heavy atom. The molecule has 1 aromatic heterocycles. The maximum Gasteiger partial charge on any atom is 0.258 e. The molecule has 0 saturated carbocycles. The van der Waals surface area contributed by atoms with Crippen molar-refractivity contribution in [3.8, 4) is 0 Å². The molecule has 0 atom stereocenters. The van der Waals surface area contributed by atoms with Gasteiger partial charge in [-0.05, 0) is 56.3 Å². The minimum Gasteiger partial charge on any atom is -0.309 e. The fourth-order valence-electron chi connectivity index (χ4n) is 3.34. The Hall–Kier alpha value is -2.66. The molecule has 0 bridgehead atoms. The van der Waals surface area contributed by atoms with Crippen molar-refractivity contribution < 1.29 is 4.79 Å². The third kappa shape index (κ3) is 4.03. The van der Waals surface area contributed by atoms with Gasteiger partial charge < -0.3 is 9.47 Å². The van der Waals surface area contributed by atoms with Crippen molar-refractivity contribution in [2.75, 3.05) is 25.0 Å². The van der Waals surface area contributed by atoms with E-state index in [0.29, 0.717) is 11.5 Å². The van der Waals surface area contributed by atoms with Crippen molar-refractivity contribution in [1.29, 1.82) is 0 Å². The molecule has 0 aliphatic heterocycles. The molecule has 27 heavy (non-hydrogen) atoms. The fourth-order valence-corrected chi connectivity index (χ4v) is 3.34. The van der Waals surface area contributed by atoms with Crippen LogP contribution in [0.1, 0.15) is 35.3 Å². The normalized spacial score (nSPS) is 11.3. The minimum absolute atomic E-state index is 0.115. The first-order chi connectivity index (χ1) is 13.0. The Kier molecular flexibility index (Phi) is 5.91.